The lowest BCUT2D eigenvalue weighted by Crippen LogP contribution is -2.54. The van der Waals surface area contributed by atoms with Crippen molar-refractivity contribution in [2.75, 3.05) is 13.2 Å². The molecule has 6 rings (SSSR count). The Kier molecular flexibility index (Phi) is 12.5. The maximum absolute atomic E-state index is 14.3. The number of halogens is 2. The molecule has 0 spiro atoms. The molecule has 3 aromatic rings. The van der Waals surface area contributed by atoms with E-state index in [4.69, 9.17) is 4.74 Å². The molecule has 2 saturated heterocycles. The number of fused-ring (bicyclic) bond motifs is 3. The summed E-state index contributed by atoms with van der Waals surface area (Å²) in [5.74, 6) is 1.04. The molecule has 43 heavy (non-hydrogen) atoms. The average Bonchev–Trinajstić information content (AvgIpc) is 3.74. The second-order valence-corrected chi connectivity index (χ2v) is 14.4. The highest BCUT2D eigenvalue weighted by Crippen LogP contribution is 2.40. The fraction of sp³-hybridized carbons (Fsp3) is 0.529. The highest BCUT2D eigenvalue weighted by molar-refractivity contribution is 8.93. The topological polar surface area (TPSA) is 79.5 Å². The summed E-state index contributed by atoms with van der Waals surface area (Å²) in [6.45, 7) is 4.35. The van der Waals surface area contributed by atoms with Crippen LogP contribution < -0.4 is 20.7 Å². The summed E-state index contributed by atoms with van der Waals surface area (Å²) < 4.78 is 34.5. The van der Waals surface area contributed by atoms with Gasteiger partial charge in [-0.2, -0.15) is 0 Å². The molecule has 2 bridgehead atoms. The van der Waals surface area contributed by atoms with Crippen LogP contribution in [-0.4, -0.2) is 51.0 Å². The van der Waals surface area contributed by atoms with E-state index in [9.17, 15) is 8.42 Å². The van der Waals surface area contributed by atoms with E-state index in [0.29, 0.717) is 30.0 Å². The van der Waals surface area contributed by atoms with E-state index in [2.05, 4.69) is 65.3 Å². The standard InChI is InChI=1S/C34H45N3O3S.2BrH/c1-2-3-8-19-40-29-15-17-30(18-16-29)41(38,39)34-32-27(23-35-28-11-6-7-12-28)21-31(37-32)33(34)36-22-24-13-14-25-9-4-5-10-26(25)20-24;;/h4-5,9-10,13-18,20,27-28,31-37H,2-3,6-8,11-12,19,21-23H2,1H3;2*1H/t27-,31-,32+,33-,34-;;/m1../s1. The van der Waals surface area contributed by atoms with E-state index < -0.39 is 15.1 Å². The van der Waals surface area contributed by atoms with Gasteiger partial charge < -0.3 is 20.7 Å². The van der Waals surface area contributed by atoms with Crippen molar-refractivity contribution < 1.29 is 13.2 Å². The van der Waals surface area contributed by atoms with E-state index >= 15 is 0 Å². The van der Waals surface area contributed by atoms with E-state index in [1.54, 1.807) is 12.1 Å². The number of hydrogen-bond donors (Lipinski definition) is 3. The van der Waals surface area contributed by atoms with Crippen LogP contribution in [0.5, 0.6) is 5.75 Å². The first-order chi connectivity index (χ1) is 20.0. The van der Waals surface area contributed by atoms with Crippen molar-refractivity contribution in [3.63, 3.8) is 0 Å². The molecule has 0 unspecified atom stereocenters. The first kappa shape index (κ1) is 34.4. The molecule has 0 aromatic heterocycles. The monoisotopic (exact) mass is 735 g/mol. The Morgan fingerprint density at radius 1 is 0.907 bits per heavy atom. The van der Waals surface area contributed by atoms with Gasteiger partial charge in [-0.25, -0.2) is 8.42 Å². The van der Waals surface area contributed by atoms with Crippen molar-refractivity contribution in [3.05, 3.63) is 72.3 Å². The Morgan fingerprint density at radius 3 is 2.40 bits per heavy atom. The fourth-order valence-electron chi connectivity index (χ4n) is 7.30. The second-order valence-electron chi connectivity index (χ2n) is 12.3. The van der Waals surface area contributed by atoms with Crippen LogP contribution in [0.4, 0.5) is 0 Å². The molecule has 3 aliphatic rings. The maximum atomic E-state index is 14.3. The summed E-state index contributed by atoms with van der Waals surface area (Å²) in [6.07, 6.45) is 9.34. The number of hydrogen-bond acceptors (Lipinski definition) is 6. The molecule has 2 aliphatic heterocycles. The minimum atomic E-state index is -3.58. The van der Waals surface area contributed by atoms with Gasteiger partial charge in [0.05, 0.1) is 16.8 Å². The Labute approximate surface area is 278 Å². The molecule has 236 valence electrons. The van der Waals surface area contributed by atoms with Crippen LogP contribution in [-0.2, 0) is 16.4 Å². The molecule has 2 heterocycles. The Hall–Kier alpha value is -1.49. The summed E-state index contributed by atoms with van der Waals surface area (Å²) in [4.78, 5) is 0.387. The van der Waals surface area contributed by atoms with Crippen molar-refractivity contribution in [2.24, 2.45) is 5.92 Å². The molecule has 9 heteroatoms. The van der Waals surface area contributed by atoms with Crippen molar-refractivity contribution in [1.82, 2.24) is 16.0 Å². The average molecular weight is 738 g/mol. The van der Waals surface area contributed by atoms with Crippen LogP contribution in [0.3, 0.4) is 0 Å². The lowest BCUT2D eigenvalue weighted by molar-refractivity contribution is 0.306. The molecule has 6 nitrogen and oxygen atoms in total. The molecular weight excluding hydrogens is 690 g/mol. The quantitative estimate of drug-likeness (QED) is 0.169. The van der Waals surface area contributed by atoms with Crippen LogP contribution in [0.2, 0.25) is 0 Å². The van der Waals surface area contributed by atoms with Gasteiger partial charge in [-0.15, -0.1) is 34.0 Å². The minimum Gasteiger partial charge on any atom is -0.494 e. The maximum Gasteiger partial charge on any atom is 0.184 e. The molecule has 3 fully saturated rings. The smallest absolute Gasteiger partial charge is 0.184 e. The predicted molar refractivity (Wildman–Crippen MR) is 187 cm³/mol. The van der Waals surface area contributed by atoms with Gasteiger partial charge in [0.15, 0.2) is 9.84 Å². The number of nitrogens with one attached hydrogen (secondary N) is 3. The Balaban J connectivity index is 0.00000212. The summed E-state index contributed by atoms with van der Waals surface area (Å²) in [5.41, 5.74) is 1.17. The van der Waals surface area contributed by atoms with Crippen LogP contribution >= 0.6 is 34.0 Å². The molecule has 3 N–H and O–H groups in total. The third-order valence-electron chi connectivity index (χ3n) is 9.52. The van der Waals surface area contributed by atoms with Crippen molar-refractivity contribution in [1.29, 1.82) is 0 Å². The highest BCUT2D eigenvalue weighted by Gasteiger charge is 2.57. The third kappa shape index (κ3) is 7.85. The Bertz CT molecular complexity index is 1420. The first-order valence-electron chi connectivity index (χ1n) is 15.7. The first-order valence-corrected chi connectivity index (χ1v) is 17.2. The fourth-order valence-corrected chi connectivity index (χ4v) is 9.49. The summed E-state index contributed by atoms with van der Waals surface area (Å²) in [5, 5.41) is 13.1. The zero-order valence-corrected chi connectivity index (χ0v) is 29.3. The van der Waals surface area contributed by atoms with E-state index in [0.717, 1.165) is 38.0 Å². The zero-order chi connectivity index (χ0) is 28.2. The van der Waals surface area contributed by atoms with Gasteiger partial charge in [0.25, 0.3) is 0 Å². The van der Waals surface area contributed by atoms with Crippen LogP contribution in [0.1, 0.15) is 63.9 Å². The zero-order valence-electron chi connectivity index (χ0n) is 25.0. The van der Waals surface area contributed by atoms with Gasteiger partial charge in [0.2, 0.25) is 0 Å². The molecular formula is C34H47Br2N3O3S. The highest BCUT2D eigenvalue weighted by atomic mass is 79.9. The predicted octanol–water partition coefficient (Wildman–Crippen LogP) is 6.76. The van der Waals surface area contributed by atoms with E-state index in [1.807, 2.05) is 12.1 Å². The van der Waals surface area contributed by atoms with E-state index in [-0.39, 0.29) is 52.1 Å². The van der Waals surface area contributed by atoms with Crippen molar-refractivity contribution >= 4 is 54.6 Å². The minimum absolute atomic E-state index is 0. The van der Waals surface area contributed by atoms with Crippen LogP contribution in [0.25, 0.3) is 10.8 Å². The van der Waals surface area contributed by atoms with Gasteiger partial charge >= 0.3 is 0 Å². The number of benzene rings is 3. The molecule has 1 aliphatic carbocycles. The second kappa shape index (κ2) is 15.7. The van der Waals surface area contributed by atoms with Crippen molar-refractivity contribution in [2.45, 2.75) is 99.1 Å². The van der Waals surface area contributed by atoms with Crippen molar-refractivity contribution in [3.8, 4) is 5.75 Å². The molecule has 1 saturated carbocycles. The molecule has 0 radical (unpaired) electrons. The largest absolute Gasteiger partial charge is 0.494 e. The normalized spacial score (nSPS) is 25.0. The van der Waals surface area contributed by atoms with Gasteiger partial charge in [0, 0.05) is 30.7 Å². The van der Waals surface area contributed by atoms with Gasteiger partial charge in [-0.05, 0) is 84.8 Å². The number of ether oxygens (including phenoxy) is 1. The van der Waals surface area contributed by atoms with Crippen LogP contribution in [0, 0.1) is 5.92 Å². The molecule has 3 aromatic carbocycles. The Morgan fingerprint density at radius 2 is 1.65 bits per heavy atom. The molecule has 0 amide bonds. The lowest BCUT2D eigenvalue weighted by Gasteiger charge is -2.35. The SMILES string of the molecule is Br.Br.CCCCCOc1ccc(S(=O)(=O)[C@@H]2[C@H]3N[C@H](C[C@@H]3CNC3CCCC3)[C@H]2NCc2ccc3ccccc3c2)cc1. The number of unbranched alkanes of at least 4 members (excludes halogenated alkanes) is 2. The summed E-state index contributed by atoms with van der Waals surface area (Å²) >= 11 is 0. The van der Waals surface area contributed by atoms with Gasteiger partial charge in [0.1, 0.15) is 5.75 Å². The number of rotatable bonds is 13. The summed E-state index contributed by atoms with van der Waals surface area (Å²) in [7, 11) is -3.58. The lowest BCUT2D eigenvalue weighted by atomic mass is 9.85. The third-order valence-corrected chi connectivity index (χ3v) is 11.8. The van der Waals surface area contributed by atoms with E-state index in [1.165, 1.54) is 42.0 Å². The number of sulfone groups is 1. The van der Waals surface area contributed by atoms with Gasteiger partial charge in [-0.3, -0.25) is 0 Å². The molecule has 5 atom stereocenters. The van der Waals surface area contributed by atoms with Crippen LogP contribution in [0.15, 0.2) is 71.6 Å². The van der Waals surface area contributed by atoms with Gasteiger partial charge in [-0.1, -0.05) is 69.0 Å². The summed E-state index contributed by atoms with van der Waals surface area (Å²) in [6, 6.07) is 22.5.